The Morgan fingerprint density at radius 2 is 2.27 bits per heavy atom. The summed E-state index contributed by atoms with van der Waals surface area (Å²) in [6.07, 6.45) is 0.836. The number of imidazole rings is 1. The van der Waals surface area contributed by atoms with Gasteiger partial charge in [-0.3, -0.25) is 4.79 Å². The van der Waals surface area contributed by atoms with Crippen molar-refractivity contribution in [1.29, 1.82) is 0 Å². The number of para-hydroxylation sites is 1. The zero-order valence-corrected chi connectivity index (χ0v) is 12.4. The Labute approximate surface area is 137 Å². The number of anilines is 1. The predicted molar refractivity (Wildman–Crippen MR) is 86.1 cm³/mol. The van der Waals surface area contributed by atoms with E-state index < -0.39 is 6.85 Å². The molecule has 2 aliphatic rings. The van der Waals surface area contributed by atoms with Gasteiger partial charge in [0.1, 0.15) is 11.6 Å². The highest BCUT2D eigenvalue weighted by atomic mass is 16.1. The highest BCUT2D eigenvalue weighted by Crippen LogP contribution is 2.46. The summed E-state index contributed by atoms with van der Waals surface area (Å²) < 4.78 is 39.8. The number of rotatable bonds is 2. The first-order chi connectivity index (χ1) is 12.7. The summed E-state index contributed by atoms with van der Waals surface area (Å²) in [6, 6.07) is 8.03. The second-order valence-corrected chi connectivity index (χ2v) is 6.16. The number of Topliss-reactive ketones (excluding diaryl/α,β-unsaturated/α-hetero) is 1. The van der Waals surface area contributed by atoms with Gasteiger partial charge in [0.25, 0.3) is 0 Å². The van der Waals surface area contributed by atoms with Crippen LogP contribution in [0.1, 0.15) is 37.0 Å². The Morgan fingerprint density at radius 1 is 1.41 bits per heavy atom. The molecule has 0 saturated heterocycles. The van der Waals surface area contributed by atoms with Gasteiger partial charge in [0, 0.05) is 47.7 Å². The molecular formula is C18H21N3O. The largest absolute Gasteiger partial charge is 0.370 e. The van der Waals surface area contributed by atoms with Crippen molar-refractivity contribution in [3.05, 3.63) is 48.0 Å². The van der Waals surface area contributed by atoms with E-state index in [1.54, 1.807) is 0 Å². The Balaban J connectivity index is 1.66. The lowest BCUT2D eigenvalue weighted by Crippen LogP contribution is -2.42. The Morgan fingerprint density at radius 3 is 3.14 bits per heavy atom. The van der Waals surface area contributed by atoms with Crippen molar-refractivity contribution < 1.29 is 11.6 Å². The maximum atomic E-state index is 13.3. The van der Waals surface area contributed by atoms with Crippen molar-refractivity contribution >= 4 is 11.5 Å². The van der Waals surface area contributed by atoms with Crippen LogP contribution < -0.4 is 4.90 Å². The molecule has 1 aliphatic heterocycles. The molecule has 0 radical (unpaired) electrons. The van der Waals surface area contributed by atoms with Crippen molar-refractivity contribution in [3.63, 3.8) is 0 Å². The third kappa shape index (κ3) is 1.90. The first-order valence-corrected chi connectivity index (χ1v) is 7.60. The Hall–Kier alpha value is -2.10. The van der Waals surface area contributed by atoms with Gasteiger partial charge in [-0.05, 0) is 31.3 Å². The van der Waals surface area contributed by atoms with Gasteiger partial charge in [-0.15, -0.1) is 0 Å². The van der Waals surface area contributed by atoms with E-state index in [9.17, 15) is 4.79 Å². The fraction of sp³-hybridized carbons (Fsp3) is 0.444. The first-order valence-electron chi connectivity index (χ1n) is 10.1. The first kappa shape index (κ1) is 9.13. The lowest BCUT2D eigenvalue weighted by Gasteiger charge is -2.34. The summed E-state index contributed by atoms with van der Waals surface area (Å²) in [5, 5.41) is 0. The van der Waals surface area contributed by atoms with E-state index in [0.717, 1.165) is 17.7 Å². The zero-order chi connectivity index (χ0) is 19.5. The van der Waals surface area contributed by atoms with Crippen LogP contribution >= 0.6 is 0 Å². The fourth-order valence-corrected chi connectivity index (χ4v) is 3.94. The van der Waals surface area contributed by atoms with Gasteiger partial charge in [-0.25, -0.2) is 4.98 Å². The number of nitrogens with zero attached hydrogens (tertiary/aromatic N) is 3. The number of likely N-dealkylation sites (N-methyl/N-ethyl adjacent to an activating group) is 1. The van der Waals surface area contributed by atoms with Crippen molar-refractivity contribution in [2.24, 2.45) is 5.92 Å². The van der Waals surface area contributed by atoms with Crippen LogP contribution in [0.25, 0.3) is 0 Å². The van der Waals surface area contributed by atoms with Crippen molar-refractivity contribution in [2.45, 2.75) is 38.2 Å². The molecule has 2 heterocycles. The van der Waals surface area contributed by atoms with Crippen molar-refractivity contribution in [2.75, 3.05) is 11.9 Å². The number of carbonyl (C=O) groups excluding carboxylic acids is 1. The molecule has 0 spiro atoms. The maximum Gasteiger partial charge on any atom is 0.147 e. The molecular weight excluding hydrogens is 274 g/mol. The molecule has 22 heavy (non-hydrogen) atoms. The van der Waals surface area contributed by atoms with E-state index in [2.05, 4.69) is 9.88 Å². The highest BCUT2D eigenvalue weighted by molar-refractivity contribution is 5.93. The quantitative estimate of drug-likeness (QED) is 0.856. The molecule has 4 rings (SSSR count). The molecule has 1 saturated carbocycles. The minimum absolute atomic E-state index is 0.0826. The van der Waals surface area contributed by atoms with Gasteiger partial charge in [0.05, 0.1) is 8.66 Å². The number of fused-ring (bicyclic) bond motifs is 3. The molecule has 0 amide bonds. The number of aryl methyl sites for hydroxylation is 1. The van der Waals surface area contributed by atoms with E-state index >= 15 is 0 Å². The van der Waals surface area contributed by atoms with Gasteiger partial charge >= 0.3 is 0 Å². The molecule has 4 heteroatoms. The standard InChI is InChI=1S/C18H21N3O/c1-12-19-9-10-21(12)11-13-7-8-16-17(18(13)22)14-5-3-4-6-15(14)20(16)2/h3-6,9-10,13,16-17H,7-8,11H2,1-2H3/i1D3,9D,10D. The van der Waals surface area contributed by atoms with Crippen molar-refractivity contribution in [1.82, 2.24) is 9.55 Å². The topological polar surface area (TPSA) is 38.1 Å². The van der Waals surface area contributed by atoms with Gasteiger partial charge < -0.3 is 9.47 Å². The lowest BCUT2D eigenvalue weighted by atomic mass is 9.75. The number of benzene rings is 1. The molecule has 1 aliphatic carbocycles. The molecule has 3 atom stereocenters. The molecule has 1 aromatic carbocycles. The summed E-state index contributed by atoms with van der Waals surface area (Å²) >= 11 is 0. The molecule has 1 aromatic heterocycles. The number of hydrogen-bond donors (Lipinski definition) is 0. The minimum atomic E-state index is -2.52. The van der Waals surface area contributed by atoms with E-state index in [1.165, 1.54) is 4.57 Å². The molecule has 2 aromatic rings. The SMILES string of the molecule is [2H]c1nc(C([2H])([2H])[2H])n(CC2CCC3C(C2=O)c2ccccc2N3C)c1[2H]. The van der Waals surface area contributed by atoms with Gasteiger partial charge in [-0.2, -0.15) is 0 Å². The molecule has 3 unspecified atom stereocenters. The summed E-state index contributed by atoms with van der Waals surface area (Å²) in [4.78, 5) is 19.2. The highest BCUT2D eigenvalue weighted by Gasteiger charge is 2.46. The summed E-state index contributed by atoms with van der Waals surface area (Å²) in [5.41, 5.74) is 2.09. The van der Waals surface area contributed by atoms with Crippen LogP contribution in [0.2, 0.25) is 0 Å². The zero-order valence-electron chi connectivity index (χ0n) is 17.4. The van der Waals surface area contributed by atoms with Crippen LogP contribution in [-0.2, 0) is 11.3 Å². The summed E-state index contributed by atoms with van der Waals surface area (Å²) in [6.45, 7) is -2.43. The monoisotopic (exact) mass is 300 g/mol. The summed E-state index contributed by atoms with van der Waals surface area (Å²) in [5.74, 6) is -0.811. The summed E-state index contributed by atoms with van der Waals surface area (Å²) in [7, 11) is 2.01. The van der Waals surface area contributed by atoms with Crippen LogP contribution in [0, 0.1) is 12.8 Å². The van der Waals surface area contributed by atoms with E-state index in [0.29, 0.717) is 6.42 Å². The Kier molecular flexibility index (Phi) is 2.06. The van der Waals surface area contributed by atoms with E-state index in [1.807, 2.05) is 31.3 Å². The molecule has 0 N–H and O–H groups in total. The maximum absolute atomic E-state index is 13.3. The van der Waals surface area contributed by atoms with Crippen LogP contribution in [0.3, 0.4) is 0 Å². The lowest BCUT2D eigenvalue weighted by molar-refractivity contribution is -0.127. The van der Waals surface area contributed by atoms with Crippen LogP contribution in [0.15, 0.2) is 36.6 Å². The molecule has 114 valence electrons. The smallest absolute Gasteiger partial charge is 0.147 e. The second kappa shape index (κ2) is 4.97. The average molecular weight is 300 g/mol. The number of aromatic nitrogens is 2. The minimum Gasteiger partial charge on any atom is -0.370 e. The van der Waals surface area contributed by atoms with Gasteiger partial charge in [0.2, 0.25) is 0 Å². The van der Waals surface area contributed by atoms with Crippen LogP contribution in [0.4, 0.5) is 5.69 Å². The second-order valence-electron chi connectivity index (χ2n) is 6.16. The van der Waals surface area contributed by atoms with E-state index in [-0.39, 0.29) is 48.4 Å². The third-order valence-corrected chi connectivity index (χ3v) is 5.06. The van der Waals surface area contributed by atoms with Crippen molar-refractivity contribution in [3.8, 4) is 0 Å². The van der Waals surface area contributed by atoms with Crippen LogP contribution in [0.5, 0.6) is 0 Å². The normalized spacial score (nSPS) is 30.8. The predicted octanol–water partition coefficient (Wildman–Crippen LogP) is 2.77. The number of ketones is 1. The fourth-order valence-electron chi connectivity index (χ4n) is 3.94. The van der Waals surface area contributed by atoms with Gasteiger partial charge in [0.15, 0.2) is 0 Å². The Bertz CT molecular complexity index is 907. The number of carbonyl (C=O) groups is 1. The van der Waals surface area contributed by atoms with E-state index in [4.69, 9.17) is 6.85 Å². The molecule has 0 bridgehead atoms. The molecule has 4 nitrogen and oxygen atoms in total. The average Bonchev–Trinajstić information content (AvgIpc) is 3.07. The van der Waals surface area contributed by atoms with Gasteiger partial charge in [-0.1, -0.05) is 18.2 Å². The number of hydrogen-bond acceptors (Lipinski definition) is 3. The third-order valence-electron chi connectivity index (χ3n) is 5.06. The molecule has 1 fully saturated rings. The van der Waals surface area contributed by atoms with Crippen LogP contribution in [-0.4, -0.2) is 28.4 Å².